The van der Waals surface area contributed by atoms with Crippen molar-refractivity contribution < 1.29 is 5.21 Å². The first-order valence-electron chi connectivity index (χ1n) is 3.34. The lowest BCUT2D eigenvalue weighted by atomic mass is 10.2. The average Bonchev–Trinajstić information content (AvgIpc) is 2.30. The van der Waals surface area contributed by atoms with Crippen molar-refractivity contribution in [2.75, 3.05) is 5.73 Å². The first-order valence-corrected chi connectivity index (χ1v) is 3.34. The predicted molar refractivity (Wildman–Crippen MR) is 43.5 cm³/mol. The van der Waals surface area contributed by atoms with Gasteiger partial charge in [-0.3, -0.25) is 0 Å². The van der Waals surface area contributed by atoms with Gasteiger partial charge in [-0.15, -0.1) is 0 Å². The molecule has 3 nitrogen and oxygen atoms in total. The van der Waals surface area contributed by atoms with E-state index in [1.54, 1.807) is 6.07 Å². The summed E-state index contributed by atoms with van der Waals surface area (Å²) in [4.78, 5) is 0. The second-order valence-corrected chi connectivity index (χ2v) is 2.44. The van der Waals surface area contributed by atoms with Gasteiger partial charge in [0, 0.05) is 5.39 Å². The Morgan fingerprint density at radius 3 is 2.73 bits per heavy atom. The highest BCUT2D eigenvalue weighted by Crippen LogP contribution is 2.18. The van der Waals surface area contributed by atoms with Gasteiger partial charge in [0.1, 0.15) is 5.82 Å². The van der Waals surface area contributed by atoms with Gasteiger partial charge >= 0.3 is 0 Å². The summed E-state index contributed by atoms with van der Waals surface area (Å²) in [7, 11) is 0. The fourth-order valence-electron chi connectivity index (χ4n) is 1.16. The van der Waals surface area contributed by atoms with E-state index in [0.29, 0.717) is 5.82 Å². The topological polar surface area (TPSA) is 51.2 Å². The van der Waals surface area contributed by atoms with E-state index in [0.717, 1.165) is 15.6 Å². The van der Waals surface area contributed by atoms with Crippen LogP contribution in [0.3, 0.4) is 0 Å². The number of fused-ring (bicyclic) bond motifs is 1. The first kappa shape index (κ1) is 6.09. The molecule has 0 saturated carbocycles. The van der Waals surface area contributed by atoms with Crippen molar-refractivity contribution in [2.45, 2.75) is 0 Å². The smallest absolute Gasteiger partial charge is 0.140 e. The molecule has 0 spiro atoms. The highest BCUT2D eigenvalue weighted by Gasteiger charge is 2.01. The summed E-state index contributed by atoms with van der Waals surface area (Å²) < 4.78 is 0.981. The molecule has 0 saturated heterocycles. The van der Waals surface area contributed by atoms with Crippen molar-refractivity contribution in [3.63, 3.8) is 0 Å². The lowest BCUT2D eigenvalue weighted by Gasteiger charge is -1.94. The zero-order valence-corrected chi connectivity index (χ0v) is 5.86. The van der Waals surface area contributed by atoms with Crippen LogP contribution in [-0.2, 0) is 0 Å². The molecule has 3 heteroatoms. The van der Waals surface area contributed by atoms with E-state index >= 15 is 0 Å². The van der Waals surface area contributed by atoms with Gasteiger partial charge in [0.05, 0.1) is 5.52 Å². The largest absolute Gasteiger partial charge is 0.426 e. The number of anilines is 1. The predicted octanol–water partition coefficient (Wildman–Crippen LogP) is 1.46. The number of nitrogens with two attached hydrogens (primary N) is 1. The molecule has 2 rings (SSSR count). The summed E-state index contributed by atoms with van der Waals surface area (Å²) in [5.74, 6) is 0.367. The van der Waals surface area contributed by atoms with Gasteiger partial charge in [0.25, 0.3) is 0 Å². The van der Waals surface area contributed by atoms with E-state index in [1.807, 2.05) is 24.3 Å². The molecule has 0 atom stereocenters. The van der Waals surface area contributed by atoms with E-state index in [-0.39, 0.29) is 0 Å². The summed E-state index contributed by atoms with van der Waals surface area (Å²) in [6.07, 6.45) is 0. The summed E-state index contributed by atoms with van der Waals surface area (Å²) in [6, 6.07) is 9.20. The Kier molecular flexibility index (Phi) is 1.06. The Labute approximate surface area is 63.6 Å². The quantitative estimate of drug-likeness (QED) is 0.556. The van der Waals surface area contributed by atoms with Gasteiger partial charge in [-0.2, -0.15) is 4.73 Å². The van der Waals surface area contributed by atoms with Crippen molar-refractivity contribution in [3.8, 4) is 0 Å². The molecule has 0 aliphatic rings. The second-order valence-electron chi connectivity index (χ2n) is 2.44. The molecule has 0 aliphatic carbocycles. The van der Waals surface area contributed by atoms with E-state index < -0.39 is 0 Å². The molecular weight excluding hydrogens is 140 g/mol. The van der Waals surface area contributed by atoms with Crippen LogP contribution in [0.5, 0.6) is 0 Å². The maximum absolute atomic E-state index is 9.29. The molecule has 3 N–H and O–H groups in total. The summed E-state index contributed by atoms with van der Waals surface area (Å²) in [5.41, 5.74) is 6.21. The maximum Gasteiger partial charge on any atom is 0.140 e. The zero-order valence-electron chi connectivity index (χ0n) is 5.86. The molecule has 1 aromatic heterocycles. The molecule has 56 valence electrons. The molecule has 0 aliphatic heterocycles. The van der Waals surface area contributed by atoms with Crippen LogP contribution in [0.1, 0.15) is 0 Å². The first-order chi connectivity index (χ1) is 5.29. The number of rotatable bonds is 0. The molecule has 0 radical (unpaired) electrons. The average molecular weight is 148 g/mol. The Morgan fingerprint density at radius 1 is 1.27 bits per heavy atom. The molecule has 2 aromatic rings. The van der Waals surface area contributed by atoms with Gasteiger partial charge in [-0.05, 0) is 12.1 Å². The Morgan fingerprint density at radius 2 is 2.00 bits per heavy atom. The third-order valence-corrected chi connectivity index (χ3v) is 1.71. The Bertz CT molecular complexity index is 392. The van der Waals surface area contributed by atoms with E-state index in [9.17, 15) is 5.21 Å². The van der Waals surface area contributed by atoms with Crippen LogP contribution in [0.15, 0.2) is 30.3 Å². The summed E-state index contributed by atoms with van der Waals surface area (Å²) in [5, 5.41) is 10.2. The van der Waals surface area contributed by atoms with Crippen LogP contribution in [0.4, 0.5) is 5.82 Å². The van der Waals surface area contributed by atoms with E-state index in [1.165, 1.54) is 0 Å². The number of aromatic nitrogens is 1. The number of hydrogen-bond acceptors (Lipinski definition) is 2. The lowest BCUT2D eigenvalue weighted by molar-refractivity contribution is 0.206. The fraction of sp³-hybridized carbons (Fsp3) is 0. The Hall–Kier alpha value is -1.64. The second kappa shape index (κ2) is 1.92. The van der Waals surface area contributed by atoms with Crippen molar-refractivity contribution in [1.29, 1.82) is 0 Å². The van der Waals surface area contributed by atoms with Crippen LogP contribution in [-0.4, -0.2) is 9.94 Å². The maximum atomic E-state index is 9.29. The van der Waals surface area contributed by atoms with Crippen LogP contribution in [0.25, 0.3) is 10.9 Å². The van der Waals surface area contributed by atoms with Gasteiger partial charge in [0.2, 0.25) is 0 Å². The monoisotopic (exact) mass is 148 g/mol. The standard InChI is InChI=1S/C8H8N2O/c9-8-5-6-3-1-2-4-7(6)10(8)11/h1-5,11H,9H2. The van der Waals surface area contributed by atoms with E-state index in [4.69, 9.17) is 5.73 Å². The zero-order chi connectivity index (χ0) is 7.84. The summed E-state index contributed by atoms with van der Waals surface area (Å²) in [6.45, 7) is 0. The molecule has 0 bridgehead atoms. The van der Waals surface area contributed by atoms with Gasteiger partial charge < -0.3 is 10.9 Å². The molecule has 1 heterocycles. The van der Waals surface area contributed by atoms with Crippen molar-refractivity contribution in [3.05, 3.63) is 30.3 Å². The third-order valence-electron chi connectivity index (χ3n) is 1.71. The number of para-hydroxylation sites is 1. The Balaban J connectivity index is 2.92. The number of benzene rings is 1. The highest BCUT2D eigenvalue weighted by molar-refractivity contribution is 5.83. The normalized spacial score (nSPS) is 10.5. The van der Waals surface area contributed by atoms with Crippen LogP contribution >= 0.6 is 0 Å². The molecule has 0 amide bonds. The van der Waals surface area contributed by atoms with E-state index in [2.05, 4.69) is 0 Å². The lowest BCUT2D eigenvalue weighted by Crippen LogP contribution is -1.95. The van der Waals surface area contributed by atoms with Crippen LogP contribution in [0, 0.1) is 0 Å². The minimum Gasteiger partial charge on any atom is -0.426 e. The fourth-order valence-corrected chi connectivity index (χ4v) is 1.16. The summed E-state index contributed by atoms with van der Waals surface area (Å²) >= 11 is 0. The molecule has 0 fully saturated rings. The van der Waals surface area contributed by atoms with Crippen molar-refractivity contribution in [1.82, 2.24) is 4.73 Å². The van der Waals surface area contributed by atoms with Crippen molar-refractivity contribution >= 4 is 16.7 Å². The molecular formula is C8H8N2O. The number of nitrogen functional groups attached to an aromatic ring is 1. The van der Waals surface area contributed by atoms with Gasteiger partial charge in [-0.1, -0.05) is 18.2 Å². The van der Waals surface area contributed by atoms with Gasteiger partial charge in [-0.25, -0.2) is 0 Å². The van der Waals surface area contributed by atoms with Crippen LogP contribution < -0.4 is 5.73 Å². The highest BCUT2D eigenvalue weighted by atomic mass is 16.5. The third kappa shape index (κ3) is 0.741. The number of nitrogens with zero attached hydrogens (tertiary/aromatic N) is 1. The van der Waals surface area contributed by atoms with Gasteiger partial charge in [0.15, 0.2) is 0 Å². The number of hydrogen-bond donors (Lipinski definition) is 2. The van der Waals surface area contributed by atoms with Crippen molar-refractivity contribution in [2.24, 2.45) is 0 Å². The minimum atomic E-state index is 0.367. The van der Waals surface area contributed by atoms with Crippen LogP contribution in [0.2, 0.25) is 0 Å². The SMILES string of the molecule is Nc1cc2ccccc2n1O. The minimum absolute atomic E-state index is 0.367. The molecule has 0 unspecified atom stereocenters. The molecule has 11 heavy (non-hydrogen) atoms. The molecule has 1 aromatic carbocycles.